The van der Waals surface area contributed by atoms with E-state index in [1.807, 2.05) is 0 Å². The van der Waals surface area contributed by atoms with E-state index in [-0.39, 0.29) is 17.5 Å². The second-order valence-electron chi connectivity index (χ2n) is 6.23. The van der Waals surface area contributed by atoms with Crippen LogP contribution < -0.4 is 0 Å². The summed E-state index contributed by atoms with van der Waals surface area (Å²) in [6, 6.07) is 3.21. The molecule has 1 rings (SSSR count). The van der Waals surface area contributed by atoms with Crippen LogP contribution in [0.2, 0.25) is 0 Å². The molecule has 0 N–H and O–H groups in total. The van der Waals surface area contributed by atoms with Gasteiger partial charge in [-0.3, -0.25) is 9.79 Å². The van der Waals surface area contributed by atoms with E-state index in [4.69, 9.17) is 4.74 Å². The maximum atomic E-state index is 11.9. The first-order valence-electron chi connectivity index (χ1n) is 6.95. The normalized spacial score (nSPS) is 12.2. The number of hydrogen-bond donors (Lipinski definition) is 0. The topological polar surface area (TPSA) is 68.6 Å². The van der Waals surface area contributed by atoms with Gasteiger partial charge < -0.3 is 4.74 Å². The van der Waals surface area contributed by atoms with Crippen LogP contribution in [0.4, 0.5) is 0 Å². The summed E-state index contributed by atoms with van der Waals surface area (Å²) in [5.74, 6) is -1.36. The SMILES string of the molecule is C/N=C(/CC(=O)OC(=O)c1ccc(Br)c(C)n1)CC(C)(C)C. The fraction of sp³-hybridized carbons (Fsp3) is 0.500. The van der Waals surface area contributed by atoms with Crippen molar-refractivity contribution in [3.63, 3.8) is 0 Å². The number of aryl methyl sites for hydroxylation is 1. The Hall–Kier alpha value is -1.56. The summed E-state index contributed by atoms with van der Waals surface area (Å²) in [7, 11) is 1.63. The van der Waals surface area contributed by atoms with Crippen molar-refractivity contribution in [3.8, 4) is 0 Å². The van der Waals surface area contributed by atoms with Crippen LogP contribution in [0, 0.1) is 12.3 Å². The Morgan fingerprint density at radius 1 is 1.32 bits per heavy atom. The number of hydrogen-bond acceptors (Lipinski definition) is 5. The fourth-order valence-electron chi connectivity index (χ4n) is 1.85. The molecular formula is C16H21BrN2O3. The van der Waals surface area contributed by atoms with E-state index in [1.54, 1.807) is 20.0 Å². The molecule has 120 valence electrons. The van der Waals surface area contributed by atoms with Gasteiger partial charge in [0, 0.05) is 17.2 Å². The molecule has 1 aromatic heterocycles. The van der Waals surface area contributed by atoms with Gasteiger partial charge in [-0.2, -0.15) is 0 Å². The molecule has 0 saturated carbocycles. The number of aliphatic imine (C=N–C) groups is 1. The minimum atomic E-state index is -0.744. The third kappa shape index (κ3) is 6.05. The Balaban J connectivity index is 2.68. The standard InChI is InChI=1S/C16H21BrN2O3/c1-10-12(17)6-7-13(19-10)15(21)22-14(20)8-11(18-5)9-16(2,3)4/h6-7H,8-9H2,1-5H3/b18-11-. The zero-order chi connectivity index (χ0) is 16.9. The molecule has 22 heavy (non-hydrogen) atoms. The fourth-order valence-corrected chi connectivity index (χ4v) is 2.07. The number of carbonyl (C=O) groups excluding carboxylic acids is 2. The molecule has 0 spiro atoms. The number of nitrogens with zero attached hydrogens (tertiary/aromatic N) is 2. The van der Waals surface area contributed by atoms with E-state index < -0.39 is 11.9 Å². The van der Waals surface area contributed by atoms with Crippen LogP contribution in [0.5, 0.6) is 0 Å². The van der Waals surface area contributed by atoms with Gasteiger partial charge in [0.25, 0.3) is 0 Å². The smallest absolute Gasteiger partial charge is 0.364 e. The van der Waals surface area contributed by atoms with Crippen LogP contribution in [0.15, 0.2) is 21.6 Å². The summed E-state index contributed by atoms with van der Waals surface area (Å²) in [5.41, 5.74) is 1.50. The average Bonchev–Trinajstić information content (AvgIpc) is 2.39. The first kappa shape index (κ1) is 18.5. The van der Waals surface area contributed by atoms with Gasteiger partial charge in [-0.1, -0.05) is 20.8 Å². The van der Waals surface area contributed by atoms with E-state index >= 15 is 0 Å². The van der Waals surface area contributed by atoms with Crippen molar-refractivity contribution in [3.05, 3.63) is 28.0 Å². The van der Waals surface area contributed by atoms with Crippen LogP contribution in [0.25, 0.3) is 0 Å². The molecule has 0 bridgehead atoms. The summed E-state index contributed by atoms with van der Waals surface area (Å²) in [6.07, 6.45) is 0.678. The molecule has 0 radical (unpaired) electrons. The highest BCUT2D eigenvalue weighted by molar-refractivity contribution is 9.10. The van der Waals surface area contributed by atoms with Crippen molar-refractivity contribution < 1.29 is 14.3 Å². The Labute approximate surface area is 139 Å². The minimum Gasteiger partial charge on any atom is -0.388 e. The maximum Gasteiger partial charge on any atom is 0.364 e. The van der Waals surface area contributed by atoms with Crippen LogP contribution in [-0.2, 0) is 9.53 Å². The van der Waals surface area contributed by atoms with Crippen LogP contribution >= 0.6 is 15.9 Å². The minimum absolute atomic E-state index is 0.00895. The van der Waals surface area contributed by atoms with E-state index in [2.05, 4.69) is 46.7 Å². The summed E-state index contributed by atoms with van der Waals surface area (Å²) in [6.45, 7) is 7.93. The highest BCUT2D eigenvalue weighted by atomic mass is 79.9. The molecule has 0 aromatic carbocycles. The third-order valence-electron chi connectivity index (χ3n) is 2.84. The highest BCUT2D eigenvalue weighted by Crippen LogP contribution is 2.20. The van der Waals surface area contributed by atoms with Crippen molar-refractivity contribution in [2.75, 3.05) is 7.05 Å². The number of rotatable bonds is 4. The quantitative estimate of drug-likeness (QED) is 0.461. The Kier molecular flexibility index (Phi) is 6.41. The van der Waals surface area contributed by atoms with Crippen molar-refractivity contribution in [2.45, 2.75) is 40.5 Å². The maximum absolute atomic E-state index is 11.9. The Bertz CT molecular complexity index is 604. The summed E-state index contributed by atoms with van der Waals surface area (Å²) < 4.78 is 5.63. The number of aromatic nitrogens is 1. The van der Waals surface area contributed by atoms with Crippen LogP contribution in [0.3, 0.4) is 0 Å². The third-order valence-corrected chi connectivity index (χ3v) is 3.67. The van der Waals surface area contributed by atoms with Crippen molar-refractivity contribution in [1.29, 1.82) is 0 Å². The lowest BCUT2D eigenvalue weighted by atomic mass is 9.88. The lowest BCUT2D eigenvalue weighted by Gasteiger charge is -2.18. The summed E-state index contributed by atoms with van der Waals surface area (Å²) >= 11 is 3.30. The van der Waals surface area contributed by atoms with Gasteiger partial charge in [-0.05, 0) is 46.8 Å². The van der Waals surface area contributed by atoms with Crippen LogP contribution in [-0.4, -0.2) is 29.7 Å². The van der Waals surface area contributed by atoms with Gasteiger partial charge in [-0.25, -0.2) is 9.78 Å². The monoisotopic (exact) mass is 368 g/mol. The number of halogens is 1. The van der Waals surface area contributed by atoms with E-state index in [0.29, 0.717) is 17.8 Å². The largest absolute Gasteiger partial charge is 0.388 e. The van der Waals surface area contributed by atoms with Gasteiger partial charge in [0.1, 0.15) is 5.69 Å². The molecule has 0 amide bonds. The van der Waals surface area contributed by atoms with Gasteiger partial charge in [0.15, 0.2) is 0 Å². The number of ether oxygens (including phenoxy) is 1. The number of pyridine rings is 1. The number of esters is 2. The zero-order valence-electron chi connectivity index (χ0n) is 13.6. The molecule has 0 atom stereocenters. The van der Waals surface area contributed by atoms with Gasteiger partial charge in [-0.15, -0.1) is 0 Å². The molecule has 1 aromatic rings. The molecule has 5 nitrogen and oxygen atoms in total. The van der Waals surface area contributed by atoms with Crippen molar-refractivity contribution >= 4 is 33.6 Å². The average molecular weight is 369 g/mol. The molecule has 0 fully saturated rings. The Morgan fingerprint density at radius 3 is 2.45 bits per heavy atom. The first-order valence-corrected chi connectivity index (χ1v) is 7.74. The lowest BCUT2D eigenvalue weighted by molar-refractivity contribution is -0.136. The molecule has 1 heterocycles. The van der Waals surface area contributed by atoms with Gasteiger partial charge >= 0.3 is 11.9 Å². The lowest BCUT2D eigenvalue weighted by Crippen LogP contribution is -2.20. The first-order chi connectivity index (χ1) is 10.1. The predicted octanol–water partition coefficient (Wildman–Crippen LogP) is 3.73. The second kappa shape index (κ2) is 7.63. The molecular weight excluding hydrogens is 348 g/mol. The van der Waals surface area contributed by atoms with Crippen molar-refractivity contribution in [1.82, 2.24) is 4.98 Å². The molecule has 0 aliphatic heterocycles. The predicted molar refractivity (Wildman–Crippen MR) is 89.1 cm³/mol. The zero-order valence-corrected chi connectivity index (χ0v) is 15.2. The van der Waals surface area contributed by atoms with Gasteiger partial charge in [0.05, 0.1) is 12.1 Å². The summed E-state index contributed by atoms with van der Waals surface area (Å²) in [5, 5.41) is 0. The Morgan fingerprint density at radius 2 is 1.95 bits per heavy atom. The van der Waals surface area contributed by atoms with E-state index in [1.165, 1.54) is 6.07 Å². The molecule has 0 aliphatic carbocycles. The molecule has 0 unspecified atom stereocenters. The molecule has 0 saturated heterocycles. The molecule has 0 aliphatic rings. The van der Waals surface area contributed by atoms with Crippen molar-refractivity contribution in [2.24, 2.45) is 10.4 Å². The number of carbonyl (C=O) groups is 2. The molecule has 6 heteroatoms. The van der Waals surface area contributed by atoms with Gasteiger partial charge in [0.2, 0.25) is 0 Å². The second-order valence-corrected chi connectivity index (χ2v) is 7.08. The summed E-state index contributed by atoms with van der Waals surface area (Å²) in [4.78, 5) is 32.0. The highest BCUT2D eigenvalue weighted by Gasteiger charge is 2.20. The van der Waals surface area contributed by atoms with Crippen LogP contribution in [0.1, 0.15) is 49.8 Å². The van der Waals surface area contributed by atoms with E-state index in [9.17, 15) is 9.59 Å². The van der Waals surface area contributed by atoms with E-state index in [0.717, 1.165) is 4.47 Å².